The number of hydrogen-bond acceptors (Lipinski definition) is 2. The van der Waals surface area contributed by atoms with Crippen LogP contribution in [0.5, 0.6) is 0 Å². The monoisotopic (exact) mass is 439 g/mol. The number of nitrogens with one attached hydrogen (secondary N) is 1. The average molecular weight is 440 g/mol. The molecular weight excluding hydrogens is 406 g/mol. The van der Waals surface area contributed by atoms with Crippen LogP contribution < -0.4 is 11.1 Å². The Hall–Kier alpha value is -2.33. The smallest absolute Gasteiger partial charge is 0.252 e. The minimum Gasteiger partial charge on any atom is -0.384 e. The largest absolute Gasteiger partial charge is 0.384 e. The summed E-state index contributed by atoms with van der Waals surface area (Å²) in [4.78, 5) is 12.5. The van der Waals surface area contributed by atoms with Crippen molar-refractivity contribution in [2.75, 3.05) is 0 Å². The van der Waals surface area contributed by atoms with Crippen molar-refractivity contribution in [3.8, 4) is 0 Å². The highest BCUT2D eigenvalue weighted by Gasteiger charge is 2.48. The summed E-state index contributed by atoms with van der Waals surface area (Å²) in [5, 5.41) is 2.96. The molecule has 0 unspecified atom stereocenters. The van der Waals surface area contributed by atoms with Crippen LogP contribution in [-0.4, -0.2) is 17.3 Å². The van der Waals surface area contributed by atoms with Crippen LogP contribution in [-0.2, 0) is 12.8 Å². The topological polar surface area (TPSA) is 67.5 Å². The fraction of sp³-hybridized carbons (Fsp3) is 0.462. The summed E-state index contributed by atoms with van der Waals surface area (Å²) < 4.78 is 3.52. The second-order valence-corrected chi connectivity index (χ2v) is 8.83. The van der Waals surface area contributed by atoms with Gasteiger partial charge in [-0.15, -0.1) is 0 Å². The number of carbonyl (C=O) groups is 1. The highest BCUT2D eigenvalue weighted by molar-refractivity contribution is 6.21. The molecule has 0 aliphatic heterocycles. The van der Waals surface area contributed by atoms with E-state index in [9.17, 15) is 4.79 Å². The van der Waals surface area contributed by atoms with Crippen molar-refractivity contribution in [3.63, 3.8) is 0 Å². The summed E-state index contributed by atoms with van der Waals surface area (Å²) in [6.07, 6.45) is 12.9. The zero-order valence-corrected chi connectivity index (χ0v) is 19.0. The number of halogens is 1. The number of amidine groups is 1. The molecule has 0 spiro atoms. The van der Waals surface area contributed by atoms with Gasteiger partial charge in [0, 0.05) is 17.3 Å². The van der Waals surface area contributed by atoms with Gasteiger partial charge in [-0.25, -0.2) is 0 Å². The lowest BCUT2D eigenvalue weighted by atomic mass is 10.0. The van der Waals surface area contributed by atoms with E-state index in [1.165, 1.54) is 62.5 Å². The molecule has 1 amide bonds. The van der Waals surface area contributed by atoms with Gasteiger partial charge >= 0.3 is 0 Å². The van der Waals surface area contributed by atoms with Gasteiger partial charge in [-0.05, 0) is 61.8 Å². The normalized spacial score (nSPS) is 14.9. The average Bonchev–Trinajstić information content (AvgIpc) is 3.59. The standard InChI is InChI=1S/C26H34ClN3O/c27-30-25(28)26(19-20-26)29-24(31)23-17-15-22(16-18-23)14-8-5-3-1-2-4-7-11-21-12-9-6-10-13-21/h6,9-10,12-13,15-18H,1-5,7-8,11,14,19-20H2,(H2,28,30)(H,29,31). The molecule has 0 heterocycles. The Kier molecular flexibility index (Phi) is 8.96. The molecular formula is C26H34ClN3O. The number of aryl methyl sites for hydroxylation is 2. The van der Waals surface area contributed by atoms with Crippen LogP contribution in [0, 0.1) is 0 Å². The number of unbranched alkanes of at least 4 members (excludes halogenated alkanes) is 6. The lowest BCUT2D eigenvalue weighted by Crippen LogP contribution is -2.46. The minimum absolute atomic E-state index is 0.125. The maximum atomic E-state index is 12.5. The predicted molar refractivity (Wildman–Crippen MR) is 130 cm³/mol. The first-order valence-corrected chi connectivity index (χ1v) is 11.9. The van der Waals surface area contributed by atoms with Gasteiger partial charge in [0.15, 0.2) is 0 Å². The SMILES string of the molecule is N/C(=N\Cl)C1(NC(=O)c2ccc(CCCCCCCCCc3ccccc3)cc2)CC1. The van der Waals surface area contributed by atoms with Gasteiger partial charge < -0.3 is 11.1 Å². The molecule has 0 saturated heterocycles. The Morgan fingerprint density at radius 3 is 1.87 bits per heavy atom. The Labute approximate surface area is 191 Å². The third-order valence-electron chi connectivity index (χ3n) is 6.17. The molecule has 166 valence electrons. The number of benzene rings is 2. The zero-order chi connectivity index (χ0) is 21.9. The maximum absolute atomic E-state index is 12.5. The van der Waals surface area contributed by atoms with Crippen molar-refractivity contribution in [1.82, 2.24) is 5.32 Å². The van der Waals surface area contributed by atoms with Crippen LogP contribution in [0.1, 0.15) is 79.3 Å². The number of rotatable bonds is 13. The van der Waals surface area contributed by atoms with Crippen LogP contribution in [0.15, 0.2) is 59.1 Å². The molecule has 31 heavy (non-hydrogen) atoms. The van der Waals surface area contributed by atoms with E-state index in [0.29, 0.717) is 5.56 Å². The molecule has 5 heteroatoms. The van der Waals surface area contributed by atoms with Crippen molar-refractivity contribution in [2.45, 2.75) is 76.2 Å². The fourth-order valence-corrected chi connectivity index (χ4v) is 4.11. The minimum atomic E-state index is -0.543. The summed E-state index contributed by atoms with van der Waals surface area (Å²) in [5.74, 6) is 0.162. The van der Waals surface area contributed by atoms with E-state index in [2.05, 4.69) is 52.3 Å². The van der Waals surface area contributed by atoms with Crippen molar-refractivity contribution < 1.29 is 4.79 Å². The van der Waals surface area contributed by atoms with E-state index in [1.807, 2.05) is 12.1 Å². The first-order valence-electron chi connectivity index (χ1n) is 11.5. The molecule has 1 saturated carbocycles. The van der Waals surface area contributed by atoms with Gasteiger partial charge in [0.25, 0.3) is 5.91 Å². The molecule has 0 atom stereocenters. The van der Waals surface area contributed by atoms with Crippen molar-refractivity contribution >= 4 is 23.5 Å². The Morgan fingerprint density at radius 2 is 1.35 bits per heavy atom. The van der Waals surface area contributed by atoms with Crippen LogP contribution in [0.3, 0.4) is 0 Å². The second kappa shape index (κ2) is 11.9. The van der Waals surface area contributed by atoms with E-state index in [4.69, 9.17) is 17.5 Å². The highest BCUT2D eigenvalue weighted by atomic mass is 35.5. The first kappa shape index (κ1) is 23.3. The third kappa shape index (κ3) is 7.39. The van der Waals surface area contributed by atoms with Gasteiger partial charge in [-0.2, -0.15) is 4.51 Å². The molecule has 3 N–H and O–H groups in total. The van der Waals surface area contributed by atoms with Crippen LogP contribution in [0.25, 0.3) is 0 Å². The van der Waals surface area contributed by atoms with Crippen LogP contribution in [0.4, 0.5) is 0 Å². The number of carbonyl (C=O) groups excluding carboxylic acids is 1. The number of nitrogens with zero attached hydrogens (tertiary/aromatic N) is 1. The lowest BCUT2D eigenvalue weighted by Gasteiger charge is -2.16. The summed E-state index contributed by atoms with van der Waals surface area (Å²) in [7, 11) is 0. The third-order valence-corrected chi connectivity index (χ3v) is 6.36. The van der Waals surface area contributed by atoms with E-state index in [1.54, 1.807) is 0 Å². The molecule has 0 radical (unpaired) electrons. The highest BCUT2D eigenvalue weighted by Crippen LogP contribution is 2.36. The van der Waals surface area contributed by atoms with Gasteiger partial charge in [0.2, 0.25) is 0 Å². The fourth-order valence-electron chi connectivity index (χ4n) is 3.95. The molecule has 0 bridgehead atoms. The second-order valence-electron chi connectivity index (χ2n) is 8.66. The summed E-state index contributed by atoms with van der Waals surface area (Å²) in [6, 6.07) is 18.6. The molecule has 2 aromatic rings. The number of nitrogens with two attached hydrogens (primary N) is 1. The molecule has 4 nitrogen and oxygen atoms in total. The molecule has 1 fully saturated rings. The molecule has 2 aromatic carbocycles. The molecule has 0 aromatic heterocycles. The van der Waals surface area contributed by atoms with E-state index in [0.717, 1.165) is 19.3 Å². The van der Waals surface area contributed by atoms with Gasteiger partial charge in [-0.3, -0.25) is 4.79 Å². The molecule has 3 rings (SSSR count). The lowest BCUT2D eigenvalue weighted by molar-refractivity contribution is 0.0943. The quantitative estimate of drug-likeness (QED) is 0.229. The van der Waals surface area contributed by atoms with Crippen LogP contribution >= 0.6 is 11.8 Å². The van der Waals surface area contributed by atoms with Gasteiger partial charge in [0.1, 0.15) is 5.84 Å². The van der Waals surface area contributed by atoms with E-state index >= 15 is 0 Å². The van der Waals surface area contributed by atoms with E-state index < -0.39 is 5.54 Å². The van der Waals surface area contributed by atoms with Crippen molar-refractivity contribution in [2.24, 2.45) is 10.2 Å². The Bertz CT molecular complexity index is 845. The first-order chi connectivity index (χ1) is 15.1. The molecule has 1 aliphatic rings. The Morgan fingerprint density at radius 1 is 0.839 bits per heavy atom. The summed E-state index contributed by atoms with van der Waals surface area (Å²) >= 11 is 5.46. The van der Waals surface area contributed by atoms with Gasteiger partial charge in [-0.1, -0.05) is 74.6 Å². The molecule has 1 aliphatic carbocycles. The maximum Gasteiger partial charge on any atom is 0.252 e. The van der Waals surface area contributed by atoms with Crippen molar-refractivity contribution in [1.29, 1.82) is 0 Å². The summed E-state index contributed by atoms with van der Waals surface area (Å²) in [5.41, 5.74) is 8.64. The van der Waals surface area contributed by atoms with Crippen LogP contribution in [0.2, 0.25) is 0 Å². The predicted octanol–water partition coefficient (Wildman–Crippen LogP) is 5.98. The number of amides is 1. The summed E-state index contributed by atoms with van der Waals surface area (Å²) in [6.45, 7) is 0. The zero-order valence-electron chi connectivity index (χ0n) is 18.3. The van der Waals surface area contributed by atoms with E-state index in [-0.39, 0.29) is 11.7 Å². The Balaban J connectivity index is 1.25. The van der Waals surface area contributed by atoms with Crippen molar-refractivity contribution in [3.05, 3.63) is 71.3 Å². The van der Waals surface area contributed by atoms with Gasteiger partial charge in [0.05, 0.1) is 5.54 Å². The number of hydrogen-bond donors (Lipinski definition) is 2.